The Labute approximate surface area is 115 Å². The Hall–Kier alpha value is -1.20. The molecule has 0 aromatic carbocycles. The SMILES string of the molecule is Cc1ccnc(N2CC[C@@H](N3CCN(C)CC3)C2)n1. The number of hydrogen-bond donors (Lipinski definition) is 0. The fraction of sp³-hybridized carbons (Fsp3) is 0.714. The summed E-state index contributed by atoms with van der Waals surface area (Å²) in [6, 6.07) is 2.63. The molecule has 3 rings (SSSR count). The minimum absolute atomic E-state index is 0.679. The zero-order valence-electron chi connectivity index (χ0n) is 11.9. The molecular formula is C14H23N5. The molecule has 2 saturated heterocycles. The summed E-state index contributed by atoms with van der Waals surface area (Å²) in [7, 11) is 2.21. The van der Waals surface area contributed by atoms with E-state index in [0.29, 0.717) is 6.04 Å². The van der Waals surface area contributed by atoms with Crippen LogP contribution in [0.1, 0.15) is 12.1 Å². The third kappa shape index (κ3) is 2.87. The fourth-order valence-corrected chi connectivity index (χ4v) is 3.00. The van der Waals surface area contributed by atoms with E-state index in [9.17, 15) is 0 Å². The first-order valence-electron chi connectivity index (χ1n) is 7.19. The van der Waals surface area contributed by atoms with E-state index < -0.39 is 0 Å². The summed E-state index contributed by atoms with van der Waals surface area (Å²) < 4.78 is 0. The Morgan fingerprint density at radius 1 is 1.16 bits per heavy atom. The summed E-state index contributed by atoms with van der Waals surface area (Å²) in [6.45, 7) is 8.97. The molecule has 0 amide bonds. The highest BCUT2D eigenvalue weighted by Crippen LogP contribution is 2.20. The van der Waals surface area contributed by atoms with Crippen LogP contribution in [0, 0.1) is 6.92 Å². The molecule has 0 spiro atoms. The highest BCUT2D eigenvalue weighted by atomic mass is 15.3. The van der Waals surface area contributed by atoms with Crippen molar-refractivity contribution in [3.8, 4) is 0 Å². The van der Waals surface area contributed by atoms with Crippen molar-refractivity contribution >= 4 is 5.95 Å². The van der Waals surface area contributed by atoms with Gasteiger partial charge in [0.2, 0.25) is 5.95 Å². The Kier molecular flexibility index (Phi) is 3.66. The van der Waals surface area contributed by atoms with Gasteiger partial charge in [0.15, 0.2) is 0 Å². The minimum Gasteiger partial charge on any atom is -0.339 e. The lowest BCUT2D eigenvalue weighted by Gasteiger charge is -2.36. The van der Waals surface area contributed by atoms with Crippen molar-refractivity contribution in [2.24, 2.45) is 0 Å². The second-order valence-electron chi connectivity index (χ2n) is 5.73. The van der Waals surface area contributed by atoms with E-state index in [1.807, 2.05) is 19.2 Å². The van der Waals surface area contributed by atoms with Crippen molar-refractivity contribution in [1.29, 1.82) is 0 Å². The van der Waals surface area contributed by atoms with Crippen molar-refractivity contribution in [2.75, 3.05) is 51.2 Å². The topological polar surface area (TPSA) is 35.5 Å². The molecular weight excluding hydrogens is 238 g/mol. The molecule has 3 heterocycles. The first-order chi connectivity index (χ1) is 9.22. The molecule has 104 valence electrons. The Bertz CT molecular complexity index is 428. The lowest BCUT2D eigenvalue weighted by atomic mass is 10.2. The second-order valence-corrected chi connectivity index (χ2v) is 5.73. The van der Waals surface area contributed by atoms with Crippen LogP contribution in [-0.4, -0.2) is 72.1 Å². The minimum atomic E-state index is 0.679. The van der Waals surface area contributed by atoms with E-state index in [0.717, 1.165) is 24.7 Å². The van der Waals surface area contributed by atoms with E-state index in [4.69, 9.17) is 0 Å². The zero-order valence-corrected chi connectivity index (χ0v) is 11.9. The maximum absolute atomic E-state index is 4.53. The van der Waals surface area contributed by atoms with E-state index in [-0.39, 0.29) is 0 Å². The van der Waals surface area contributed by atoms with Crippen LogP contribution in [-0.2, 0) is 0 Å². The van der Waals surface area contributed by atoms with Crippen molar-refractivity contribution in [3.63, 3.8) is 0 Å². The highest BCUT2D eigenvalue weighted by Gasteiger charge is 2.30. The number of anilines is 1. The number of rotatable bonds is 2. The average Bonchev–Trinajstić information content (AvgIpc) is 2.89. The monoisotopic (exact) mass is 261 g/mol. The molecule has 1 aromatic heterocycles. The van der Waals surface area contributed by atoms with Crippen LogP contribution in [0.25, 0.3) is 0 Å². The van der Waals surface area contributed by atoms with Crippen LogP contribution < -0.4 is 4.90 Å². The van der Waals surface area contributed by atoms with Crippen molar-refractivity contribution < 1.29 is 0 Å². The molecule has 2 aliphatic rings. The smallest absolute Gasteiger partial charge is 0.225 e. The maximum Gasteiger partial charge on any atom is 0.225 e. The van der Waals surface area contributed by atoms with Gasteiger partial charge in [-0.15, -0.1) is 0 Å². The molecule has 1 aromatic rings. The number of nitrogens with zero attached hydrogens (tertiary/aromatic N) is 5. The van der Waals surface area contributed by atoms with Crippen molar-refractivity contribution in [3.05, 3.63) is 18.0 Å². The third-order valence-corrected chi connectivity index (χ3v) is 4.28. The van der Waals surface area contributed by atoms with Gasteiger partial charge in [-0.05, 0) is 26.5 Å². The van der Waals surface area contributed by atoms with E-state index in [2.05, 4.69) is 31.7 Å². The molecule has 1 atom stereocenters. The number of likely N-dealkylation sites (N-methyl/N-ethyl adjacent to an activating group) is 1. The summed E-state index contributed by atoms with van der Waals surface area (Å²) in [5, 5.41) is 0. The summed E-state index contributed by atoms with van der Waals surface area (Å²) in [6.07, 6.45) is 3.10. The molecule has 0 radical (unpaired) electrons. The van der Waals surface area contributed by atoms with Crippen molar-refractivity contribution in [2.45, 2.75) is 19.4 Å². The number of hydrogen-bond acceptors (Lipinski definition) is 5. The van der Waals surface area contributed by atoms with Crippen LogP contribution in [0.5, 0.6) is 0 Å². The Morgan fingerprint density at radius 2 is 1.95 bits per heavy atom. The molecule has 0 N–H and O–H groups in total. The van der Waals surface area contributed by atoms with Crippen LogP contribution in [0.3, 0.4) is 0 Å². The standard InChI is InChI=1S/C14H23N5/c1-12-3-5-15-14(16-12)19-6-4-13(11-19)18-9-7-17(2)8-10-18/h3,5,13H,4,6-11H2,1-2H3/t13-/m1/s1. The third-order valence-electron chi connectivity index (χ3n) is 4.28. The number of aryl methyl sites for hydroxylation is 1. The van der Waals surface area contributed by atoms with E-state index in [1.165, 1.54) is 32.6 Å². The van der Waals surface area contributed by atoms with E-state index in [1.54, 1.807) is 0 Å². The van der Waals surface area contributed by atoms with Gasteiger partial charge < -0.3 is 9.80 Å². The molecule has 0 unspecified atom stereocenters. The molecule has 2 aliphatic heterocycles. The fourth-order valence-electron chi connectivity index (χ4n) is 3.00. The molecule has 0 bridgehead atoms. The van der Waals surface area contributed by atoms with Gasteiger partial charge in [0, 0.05) is 57.2 Å². The largest absolute Gasteiger partial charge is 0.339 e. The molecule has 19 heavy (non-hydrogen) atoms. The zero-order chi connectivity index (χ0) is 13.2. The molecule has 5 nitrogen and oxygen atoms in total. The van der Waals surface area contributed by atoms with Gasteiger partial charge in [-0.1, -0.05) is 0 Å². The normalized spacial score (nSPS) is 26.0. The maximum atomic E-state index is 4.53. The predicted molar refractivity (Wildman–Crippen MR) is 76.5 cm³/mol. The van der Waals surface area contributed by atoms with Gasteiger partial charge in [0.05, 0.1) is 0 Å². The molecule has 0 aliphatic carbocycles. The summed E-state index contributed by atoms with van der Waals surface area (Å²) >= 11 is 0. The molecule has 0 saturated carbocycles. The van der Waals surface area contributed by atoms with Gasteiger partial charge in [0.25, 0.3) is 0 Å². The van der Waals surface area contributed by atoms with Crippen LogP contribution in [0.2, 0.25) is 0 Å². The van der Waals surface area contributed by atoms with Gasteiger partial charge in [-0.2, -0.15) is 0 Å². The quantitative estimate of drug-likeness (QED) is 0.779. The predicted octanol–water partition coefficient (Wildman–Crippen LogP) is 0.611. The van der Waals surface area contributed by atoms with Gasteiger partial charge in [-0.25, -0.2) is 9.97 Å². The number of piperazine rings is 1. The first kappa shape index (κ1) is 12.8. The lowest BCUT2D eigenvalue weighted by molar-refractivity contribution is 0.120. The lowest BCUT2D eigenvalue weighted by Crippen LogP contribution is -2.49. The molecule has 5 heteroatoms. The average molecular weight is 261 g/mol. The summed E-state index contributed by atoms with van der Waals surface area (Å²) in [4.78, 5) is 16.3. The Balaban J connectivity index is 1.61. The van der Waals surface area contributed by atoms with Crippen LogP contribution in [0.15, 0.2) is 12.3 Å². The Morgan fingerprint density at radius 3 is 2.68 bits per heavy atom. The van der Waals surface area contributed by atoms with E-state index >= 15 is 0 Å². The second kappa shape index (κ2) is 5.43. The molecule has 2 fully saturated rings. The van der Waals surface area contributed by atoms with Gasteiger partial charge in [-0.3, -0.25) is 4.90 Å². The highest BCUT2D eigenvalue weighted by molar-refractivity contribution is 5.32. The van der Waals surface area contributed by atoms with Gasteiger partial charge in [0.1, 0.15) is 0 Å². The van der Waals surface area contributed by atoms with Gasteiger partial charge >= 0.3 is 0 Å². The van der Waals surface area contributed by atoms with Crippen molar-refractivity contribution in [1.82, 2.24) is 19.8 Å². The first-order valence-corrected chi connectivity index (χ1v) is 7.19. The van der Waals surface area contributed by atoms with Crippen LogP contribution >= 0.6 is 0 Å². The van der Waals surface area contributed by atoms with Crippen LogP contribution in [0.4, 0.5) is 5.95 Å². The number of aromatic nitrogens is 2. The summed E-state index contributed by atoms with van der Waals surface area (Å²) in [5.74, 6) is 0.900. The summed E-state index contributed by atoms with van der Waals surface area (Å²) in [5.41, 5.74) is 1.05.